The van der Waals surface area contributed by atoms with Gasteiger partial charge in [-0.3, -0.25) is 0 Å². The Morgan fingerprint density at radius 1 is 1.19 bits per heavy atom. The first-order valence-electron chi connectivity index (χ1n) is 6.93. The summed E-state index contributed by atoms with van der Waals surface area (Å²) in [7, 11) is 1.64. The molecule has 1 aliphatic heterocycles. The minimum Gasteiger partial charge on any atom is -0.463 e. The molecular formula is C16H18O5. The fraction of sp³-hybridized carbons (Fsp3) is 0.375. The molecule has 0 saturated heterocycles. The highest BCUT2D eigenvalue weighted by Gasteiger charge is 2.21. The molecule has 0 aliphatic carbocycles. The van der Waals surface area contributed by atoms with Gasteiger partial charge in [0.15, 0.2) is 11.5 Å². The van der Waals surface area contributed by atoms with Crippen molar-refractivity contribution in [2.45, 2.75) is 18.9 Å². The minimum atomic E-state index is -0.289. The first-order valence-corrected chi connectivity index (χ1v) is 6.93. The predicted molar refractivity (Wildman–Crippen MR) is 75.5 cm³/mol. The van der Waals surface area contributed by atoms with Gasteiger partial charge in [0.1, 0.15) is 17.6 Å². The molecule has 5 heteroatoms. The van der Waals surface area contributed by atoms with E-state index < -0.39 is 0 Å². The second-order valence-corrected chi connectivity index (χ2v) is 4.86. The Balaban J connectivity index is 1.82. The zero-order valence-electron chi connectivity index (χ0n) is 11.9. The molecule has 2 heterocycles. The fourth-order valence-corrected chi connectivity index (χ4v) is 2.42. The van der Waals surface area contributed by atoms with Crippen LogP contribution in [0.2, 0.25) is 0 Å². The highest BCUT2D eigenvalue weighted by molar-refractivity contribution is 5.46. The van der Waals surface area contributed by atoms with E-state index in [1.165, 1.54) is 0 Å². The average molecular weight is 290 g/mol. The summed E-state index contributed by atoms with van der Waals surface area (Å²) in [4.78, 5) is 0. The van der Waals surface area contributed by atoms with Crippen molar-refractivity contribution in [3.05, 3.63) is 47.4 Å². The number of aliphatic hydroxyl groups excluding tert-OH is 1. The number of furan rings is 1. The van der Waals surface area contributed by atoms with Crippen LogP contribution in [0.4, 0.5) is 0 Å². The van der Waals surface area contributed by atoms with Crippen molar-refractivity contribution in [3.8, 4) is 11.5 Å². The van der Waals surface area contributed by atoms with E-state index in [0.717, 1.165) is 28.6 Å². The lowest BCUT2D eigenvalue weighted by molar-refractivity contribution is 0.114. The van der Waals surface area contributed by atoms with Gasteiger partial charge in [-0.1, -0.05) is 6.07 Å². The molecule has 1 aromatic heterocycles. The van der Waals surface area contributed by atoms with Crippen LogP contribution in [0, 0.1) is 0 Å². The monoisotopic (exact) mass is 290 g/mol. The molecule has 3 rings (SSSR count). The summed E-state index contributed by atoms with van der Waals surface area (Å²) < 4.78 is 22.1. The first kappa shape index (κ1) is 14.0. The number of aryl methyl sites for hydroxylation is 1. The number of rotatable bonds is 6. The highest BCUT2D eigenvalue weighted by Crippen LogP contribution is 2.37. The summed E-state index contributed by atoms with van der Waals surface area (Å²) >= 11 is 0. The Morgan fingerprint density at radius 2 is 2.05 bits per heavy atom. The molecule has 0 saturated carbocycles. The molecule has 0 spiro atoms. The molecule has 2 aromatic rings. The van der Waals surface area contributed by atoms with E-state index in [-0.39, 0.29) is 19.5 Å². The standard InChI is InChI=1S/C16H18O5/c1-18-16(14-7-5-12(21-14)3-2-8-17)11-4-6-13-15(9-11)20-10-19-13/h4-7,9,16-17H,2-3,8,10H2,1H3. The van der Waals surface area contributed by atoms with E-state index >= 15 is 0 Å². The number of hydrogen-bond acceptors (Lipinski definition) is 5. The van der Waals surface area contributed by atoms with Gasteiger partial charge in [0.2, 0.25) is 6.79 Å². The number of fused-ring (bicyclic) bond motifs is 1. The largest absolute Gasteiger partial charge is 0.463 e. The van der Waals surface area contributed by atoms with E-state index in [0.29, 0.717) is 12.8 Å². The van der Waals surface area contributed by atoms with Gasteiger partial charge in [0.25, 0.3) is 0 Å². The van der Waals surface area contributed by atoms with Gasteiger partial charge in [-0.25, -0.2) is 0 Å². The van der Waals surface area contributed by atoms with Crippen molar-refractivity contribution in [1.29, 1.82) is 0 Å². The molecule has 112 valence electrons. The van der Waals surface area contributed by atoms with Gasteiger partial charge in [-0.05, 0) is 36.2 Å². The maximum absolute atomic E-state index is 8.87. The van der Waals surface area contributed by atoms with Crippen molar-refractivity contribution in [1.82, 2.24) is 0 Å². The van der Waals surface area contributed by atoms with Crippen molar-refractivity contribution in [3.63, 3.8) is 0 Å². The summed E-state index contributed by atoms with van der Waals surface area (Å²) in [5.41, 5.74) is 0.949. The molecule has 0 radical (unpaired) electrons. The van der Waals surface area contributed by atoms with Crippen LogP contribution in [0.25, 0.3) is 0 Å². The molecule has 21 heavy (non-hydrogen) atoms. The van der Waals surface area contributed by atoms with Gasteiger partial charge in [-0.2, -0.15) is 0 Å². The molecule has 5 nitrogen and oxygen atoms in total. The van der Waals surface area contributed by atoms with Crippen LogP contribution >= 0.6 is 0 Å². The molecule has 1 N–H and O–H groups in total. The molecule has 0 fully saturated rings. The van der Waals surface area contributed by atoms with E-state index in [1.807, 2.05) is 30.3 Å². The summed E-state index contributed by atoms with van der Waals surface area (Å²) in [6, 6.07) is 9.55. The predicted octanol–water partition coefficient (Wildman–Crippen LogP) is 2.67. The summed E-state index contributed by atoms with van der Waals surface area (Å²) in [6.07, 6.45) is 1.12. The SMILES string of the molecule is COC(c1ccc2c(c1)OCO2)c1ccc(CCCO)o1. The molecule has 1 atom stereocenters. The molecule has 1 unspecified atom stereocenters. The van der Waals surface area contributed by atoms with Crippen LogP contribution in [0.3, 0.4) is 0 Å². The molecule has 0 bridgehead atoms. The lowest BCUT2D eigenvalue weighted by Gasteiger charge is -2.13. The molecule has 0 amide bonds. The summed E-state index contributed by atoms with van der Waals surface area (Å²) in [5.74, 6) is 3.06. The Kier molecular flexibility index (Phi) is 4.13. The van der Waals surface area contributed by atoms with E-state index in [9.17, 15) is 0 Å². The second-order valence-electron chi connectivity index (χ2n) is 4.86. The molecule has 1 aromatic carbocycles. The van der Waals surface area contributed by atoms with Crippen LogP contribution in [0.15, 0.2) is 34.7 Å². The Morgan fingerprint density at radius 3 is 2.86 bits per heavy atom. The molecule has 1 aliphatic rings. The number of aliphatic hydroxyl groups is 1. The van der Waals surface area contributed by atoms with Gasteiger partial charge >= 0.3 is 0 Å². The Hall–Kier alpha value is -1.98. The smallest absolute Gasteiger partial charge is 0.231 e. The number of hydrogen-bond donors (Lipinski definition) is 1. The van der Waals surface area contributed by atoms with Crippen molar-refractivity contribution < 1.29 is 23.7 Å². The van der Waals surface area contributed by atoms with Crippen molar-refractivity contribution in [2.24, 2.45) is 0 Å². The zero-order valence-corrected chi connectivity index (χ0v) is 11.9. The van der Waals surface area contributed by atoms with Crippen LogP contribution in [0.5, 0.6) is 11.5 Å². The number of benzene rings is 1. The quantitative estimate of drug-likeness (QED) is 0.886. The van der Waals surface area contributed by atoms with Gasteiger partial charge in [-0.15, -0.1) is 0 Å². The summed E-state index contributed by atoms with van der Waals surface area (Å²) in [6.45, 7) is 0.411. The van der Waals surface area contributed by atoms with Crippen LogP contribution in [0.1, 0.15) is 29.6 Å². The third-order valence-electron chi connectivity index (χ3n) is 3.46. The summed E-state index contributed by atoms with van der Waals surface area (Å²) in [5, 5.41) is 8.87. The Labute approximate surface area is 123 Å². The van der Waals surface area contributed by atoms with Crippen LogP contribution < -0.4 is 9.47 Å². The van der Waals surface area contributed by atoms with Crippen molar-refractivity contribution in [2.75, 3.05) is 20.5 Å². The third kappa shape index (κ3) is 2.89. The van der Waals surface area contributed by atoms with Crippen molar-refractivity contribution >= 4 is 0 Å². The minimum absolute atomic E-state index is 0.159. The second kappa shape index (κ2) is 6.20. The van der Waals surface area contributed by atoms with Gasteiger partial charge < -0.3 is 23.7 Å². The Bertz CT molecular complexity index is 604. The normalized spacial score (nSPS) is 14.4. The van der Waals surface area contributed by atoms with Gasteiger partial charge in [0, 0.05) is 20.1 Å². The van der Waals surface area contributed by atoms with Gasteiger partial charge in [0.05, 0.1) is 0 Å². The maximum atomic E-state index is 8.87. The zero-order chi connectivity index (χ0) is 14.7. The number of methoxy groups -OCH3 is 1. The van der Waals surface area contributed by atoms with E-state index in [4.69, 9.17) is 23.7 Å². The topological polar surface area (TPSA) is 61.1 Å². The van der Waals surface area contributed by atoms with E-state index in [2.05, 4.69) is 0 Å². The first-order chi connectivity index (χ1) is 10.3. The average Bonchev–Trinajstić information content (AvgIpc) is 3.14. The lowest BCUT2D eigenvalue weighted by Crippen LogP contribution is -2.02. The third-order valence-corrected chi connectivity index (χ3v) is 3.46. The molecular weight excluding hydrogens is 272 g/mol. The van der Waals surface area contributed by atoms with Crippen LogP contribution in [-0.4, -0.2) is 25.6 Å². The van der Waals surface area contributed by atoms with E-state index in [1.54, 1.807) is 7.11 Å². The maximum Gasteiger partial charge on any atom is 0.231 e. The fourth-order valence-electron chi connectivity index (χ4n) is 2.42. The van der Waals surface area contributed by atoms with Crippen LogP contribution in [-0.2, 0) is 11.2 Å². The lowest BCUT2D eigenvalue weighted by atomic mass is 10.1. The highest BCUT2D eigenvalue weighted by atomic mass is 16.7. The number of ether oxygens (including phenoxy) is 3.